The van der Waals surface area contributed by atoms with Crippen molar-refractivity contribution < 1.29 is 0 Å². The van der Waals surface area contributed by atoms with Gasteiger partial charge in [-0.25, -0.2) is 0 Å². The molecule has 1 saturated heterocycles. The van der Waals surface area contributed by atoms with Crippen molar-refractivity contribution in [3.8, 4) is 11.1 Å². The van der Waals surface area contributed by atoms with E-state index in [2.05, 4.69) is 114 Å². The lowest BCUT2D eigenvalue weighted by atomic mass is 10.1. The molecule has 0 N–H and O–H groups in total. The van der Waals surface area contributed by atoms with E-state index < -0.39 is 35.5 Å². The topological polar surface area (TPSA) is 0 Å². The van der Waals surface area contributed by atoms with E-state index in [0.717, 1.165) is 0 Å². The first kappa shape index (κ1) is 20.3. The average Bonchev–Trinajstić information content (AvgIpc) is 2.65. The average molecular weight is 429 g/mol. The first-order valence-electron chi connectivity index (χ1n) is 9.98. The fourth-order valence-corrected chi connectivity index (χ4v) is 207. The lowest BCUT2D eigenvalue weighted by Crippen LogP contribution is -2.77. The fourth-order valence-electron chi connectivity index (χ4n) is 5.94. The maximum absolute atomic E-state index is 2.83. The Kier molecular flexibility index (Phi) is 4.68. The van der Waals surface area contributed by atoms with Crippen LogP contribution in [-0.4, -0.2) is 35.5 Å². The normalized spacial score (nSPS) is 24.3. The van der Waals surface area contributed by atoms with Crippen molar-refractivity contribution in [3.05, 3.63) is 54.6 Å². The molecule has 1 aliphatic heterocycles. The lowest BCUT2D eigenvalue weighted by molar-refractivity contribution is 1.63. The third-order valence-corrected chi connectivity index (χ3v) is 136. The second-order valence-corrected chi connectivity index (χ2v) is 69.9. The van der Waals surface area contributed by atoms with Crippen molar-refractivity contribution in [2.24, 2.45) is 0 Å². The Morgan fingerprint density at radius 2 is 0.808 bits per heavy atom. The van der Waals surface area contributed by atoms with E-state index in [1.165, 1.54) is 11.1 Å². The Bertz CT molecular complexity index is 778. The predicted octanol–water partition coefficient (Wildman–Crippen LogP) is 5.88. The molecule has 0 bridgehead atoms. The number of hydrogen-bond donors (Lipinski definition) is 0. The van der Waals surface area contributed by atoms with E-state index in [4.69, 9.17) is 0 Å². The van der Waals surface area contributed by atoms with Crippen LogP contribution in [0.15, 0.2) is 54.6 Å². The summed E-state index contributed by atoms with van der Waals surface area (Å²) in [7, 11) is -6.12. The standard InChI is InChI=1S/C21H36Si5/c1-22(2)23(3,4)25(7,8)26(9,24(22,5)6)21-17-15-20(16-18-21)19-13-11-10-12-14-19/h10-18H,1-9H3. The predicted molar refractivity (Wildman–Crippen MR) is 133 cm³/mol. The highest BCUT2D eigenvalue weighted by Gasteiger charge is 2.77. The molecule has 0 amide bonds. The minimum Gasteiger partial charge on any atom is -0.0735 e. The maximum atomic E-state index is 2.83. The Morgan fingerprint density at radius 3 is 1.23 bits per heavy atom. The minimum atomic E-state index is -1.41. The second kappa shape index (κ2) is 6.01. The summed E-state index contributed by atoms with van der Waals surface area (Å²) in [5, 5.41) is 1.80. The third-order valence-electron chi connectivity index (χ3n) is 9.76. The molecule has 0 saturated carbocycles. The molecule has 0 aliphatic carbocycles. The van der Waals surface area contributed by atoms with Crippen LogP contribution in [0.25, 0.3) is 11.1 Å². The van der Waals surface area contributed by atoms with E-state index in [-0.39, 0.29) is 0 Å². The highest BCUT2D eigenvalue weighted by molar-refractivity contribution is 8.14. The van der Waals surface area contributed by atoms with Crippen molar-refractivity contribution >= 4 is 40.7 Å². The van der Waals surface area contributed by atoms with E-state index in [0.29, 0.717) is 0 Å². The molecule has 0 spiro atoms. The van der Waals surface area contributed by atoms with Gasteiger partial charge in [-0.1, -0.05) is 119 Å². The molecule has 0 atom stereocenters. The van der Waals surface area contributed by atoms with Gasteiger partial charge >= 0.3 is 0 Å². The van der Waals surface area contributed by atoms with Crippen LogP contribution in [0.5, 0.6) is 0 Å². The zero-order valence-electron chi connectivity index (χ0n) is 18.2. The van der Waals surface area contributed by atoms with Crippen LogP contribution in [0.3, 0.4) is 0 Å². The SMILES string of the molecule is C[Si]1(C)[Si](C)(C)[Si](C)(C)[Si](C)(c2ccc(-c3ccccc3)cc2)[Si]1(C)C. The van der Waals surface area contributed by atoms with Crippen molar-refractivity contribution in [3.63, 3.8) is 0 Å². The summed E-state index contributed by atoms with van der Waals surface area (Å²) in [6, 6.07) is 20.8. The summed E-state index contributed by atoms with van der Waals surface area (Å²) < 4.78 is 0. The molecule has 26 heavy (non-hydrogen) atoms. The first-order valence-corrected chi connectivity index (χ1v) is 29.5. The van der Waals surface area contributed by atoms with Crippen LogP contribution in [0.1, 0.15) is 0 Å². The van der Waals surface area contributed by atoms with Crippen LogP contribution in [-0.2, 0) is 0 Å². The third kappa shape index (κ3) is 2.27. The van der Waals surface area contributed by atoms with E-state index >= 15 is 0 Å². The Morgan fingerprint density at radius 1 is 0.423 bits per heavy atom. The number of rotatable bonds is 2. The molecular weight excluding hydrogens is 393 g/mol. The maximum Gasteiger partial charge on any atom is 0.0657 e. The summed E-state index contributed by atoms with van der Waals surface area (Å²) >= 11 is 0. The Hall–Kier alpha value is -0.476. The van der Waals surface area contributed by atoms with E-state index in [1.54, 1.807) is 5.19 Å². The second-order valence-electron chi connectivity index (χ2n) is 10.6. The van der Waals surface area contributed by atoms with Gasteiger partial charge in [0.15, 0.2) is 0 Å². The van der Waals surface area contributed by atoms with Crippen LogP contribution in [0.4, 0.5) is 0 Å². The van der Waals surface area contributed by atoms with Crippen LogP contribution >= 0.6 is 0 Å². The minimum absolute atomic E-state index is 1.13. The monoisotopic (exact) mass is 428 g/mol. The Labute approximate surface area is 165 Å². The van der Waals surface area contributed by atoms with Crippen molar-refractivity contribution in [2.45, 2.75) is 58.9 Å². The van der Waals surface area contributed by atoms with Crippen LogP contribution in [0, 0.1) is 0 Å². The van der Waals surface area contributed by atoms with Gasteiger partial charge in [0.2, 0.25) is 0 Å². The first-order chi connectivity index (χ1) is 11.8. The number of hydrogen-bond acceptors (Lipinski definition) is 0. The zero-order valence-corrected chi connectivity index (χ0v) is 23.2. The molecule has 0 unspecified atom stereocenters. The molecule has 0 aromatic heterocycles. The summed E-state index contributed by atoms with van der Waals surface area (Å²) in [5.41, 5.74) is 2.71. The van der Waals surface area contributed by atoms with E-state index in [1.807, 2.05) is 0 Å². The molecule has 0 nitrogen and oxygen atoms in total. The number of benzene rings is 2. The lowest BCUT2D eigenvalue weighted by Gasteiger charge is -2.47. The van der Waals surface area contributed by atoms with Gasteiger partial charge in [0.1, 0.15) is 0 Å². The largest absolute Gasteiger partial charge is 0.0735 e. The van der Waals surface area contributed by atoms with Gasteiger partial charge in [-0.15, -0.1) is 0 Å². The highest BCUT2D eigenvalue weighted by atomic mass is 30.2. The zero-order chi connectivity index (χ0) is 19.6. The van der Waals surface area contributed by atoms with Gasteiger partial charge in [0, 0.05) is 28.4 Å². The smallest absolute Gasteiger partial charge is 0.0657 e. The molecule has 3 rings (SSSR count). The molecule has 2 aromatic rings. The van der Waals surface area contributed by atoms with Gasteiger partial charge < -0.3 is 0 Å². The van der Waals surface area contributed by atoms with Crippen molar-refractivity contribution in [2.75, 3.05) is 0 Å². The fraction of sp³-hybridized carbons (Fsp3) is 0.429. The van der Waals surface area contributed by atoms with E-state index in [9.17, 15) is 0 Å². The summed E-state index contributed by atoms with van der Waals surface area (Å²) in [4.78, 5) is 0. The van der Waals surface area contributed by atoms with Crippen molar-refractivity contribution in [1.82, 2.24) is 0 Å². The van der Waals surface area contributed by atoms with Gasteiger partial charge in [0.05, 0.1) is 7.11 Å². The quantitative estimate of drug-likeness (QED) is 0.524. The van der Waals surface area contributed by atoms with Crippen LogP contribution in [0.2, 0.25) is 58.9 Å². The summed E-state index contributed by atoms with van der Waals surface area (Å²) in [6.45, 7) is 25.3. The van der Waals surface area contributed by atoms with Gasteiger partial charge in [-0.05, 0) is 11.1 Å². The molecule has 1 fully saturated rings. The summed E-state index contributed by atoms with van der Waals surface area (Å²) in [5.74, 6) is 0. The molecule has 0 radical (unpaired) electrons. The molecule has 5 heteroatoms. The van der Waals surface area contributed by atoms with Crippen LogP contribution < -0.4 is 5.19 Å². The summed E-state index contributed by atoms with van der Waals surface area (Å²) in [6.07, 6.45) is 0. The highest BCUT2D eigenvalue weighted by Crippen LogP contribution is 2.51. The van der Waals surface area contributed by atoms with Gasteiger partial charge in [-0.3, -0.25) is 0 Å². The molecule has 1 aliphatic rings. The Balaban J connectivity index is 2.16. The molecular formula is C21H36Si5. The van der Waals surface area contributed by atoms with Crippen molar-refractivity contribution in [1.29, 1.82) is 0 Å². The van der Waals surface area contributed by atoms with Gasteiger partial charge in [0.25, 0.3) is 0 Å². The molecule has 140 valence electrons. The van der Waals surface area contributed by atoms with Gasteiger partial charge in [-0.2, -0.15) is 0 Å². The molecule has 1 heterocycles. The molecule has 2 aromatic carbocycles.